The predicted molar refractivity (Wildman–Crippen MR) is 119 cm³/mol. The highest BCUT2D eigenvalue weighted by Gasteiger charge is 2.36. The molecule has 2 aliphatic rings. The lowest BCUT2D eigenvalue weighted by Gasteiger charge is -2.24. The summed E-state index contributed by atoms with van der Waals surface area (Å²) < 4.78 is 41.0. The van der Waals surface area contributed by atoms with Crippen LogP contribution in [0.4, 0.5) is 10.1 Å². The van der Waals surface area contributed by atoms with Gasteiger partial charge in [0.25, 0.3) is 15.9 Å². The van der Waals surface area contributed by atoms with Gasteiger partial charge in [-0.3, -0.25) is 9.10 Å². The van der Waals surface area contributed by atoms with Crippen LogP contribution in [0.15, 0.2) is 47.4 Å². The quantitative estimate of drug-likeness (QED) is 0.736. The zero-order valence-corrected chi connectivity index (χ0v) is 18.6. The van der Waals surface area contributed by atoms with Crippen molar-refractivity contribution in [3.05, 3.63) is 59.4 Å². The largest absolute Gasteiger partial charge is 0.349 e. The number of halogens is 1. The van der Waals surface area contributed by atoms with E-state index in [-0.39, 0.29) is 22.9 Å². The molecule has 7 heteroatoms. The molecular weight excluding hydrogens is 415 g/mol. The van der Waals surface area contributed by atoms with Gasteiger partial charge in [0.2, 0.25) is 0 Å². The molecule has 2 aromatic carbocycles. The summed E-state index contributed by atoms with van der Waals surface area (Å²) in [7, 11) is -3.82. The zero-order chi connectivity index (χ0) is 22.0. The Balaban J connectivity index is 1.54. The van der Waals surface area contributed by atoms with E-state index in [9.17, 15) is 17.6 Å². The zero-order valence-electron chi connectivity index (χ0n) is 17.8. The Hall–Kier alpha value is -2.41. The molecule has 1 saturated carbocycles. The molecule has 5 nitrogen and oxygen atoms in total. The molecule has 0 aromatic heterocycles. The van der Waals surface area contributed by atoms with E-state index in [1.54, 1.807) is 12.1 Å². The number of hydrogen-bond donors (Lipinski definition) is 1. The van der Waals surface area contributed by atoms with Gasteiger partial charge in [-0.05, 0) is 74.2 Å². The minimum Gasteiger partial charge on any atom is -0.349 e. The third kappa shape index (κ3) is 4.61. The van der Waals surface area contributed by atoms with E-state index in [2.05, 4.69) is 5.32 Å². The highest BCUT2D eigenvalue weighted by atomic mass is 32.2. The van der Waals surface area contributed by atoms with Crippen molar-refractivity contribution in [1.82, 2.24) is 5.32 Å². The number of benzene rings is 2. The maximum Gasteiger partial charge on any atom is 0.264 e. The molecule has 0 saturated heterocycles. The Morgan fingerprint density at radius 1 is 1.00 bits per heavy atom. The molecule has 1 fully saturated rings. The lowest BCUT2D eigenvalue weighted by atomic mass is 9.96. The topological polar surface area (TPSA) is 66.5 Å². The van der Waals surface area contributed by atoms with Gasteiger partial charge in [-0.25, -0.2) is 12.8 Å². The van der Waals surface area contributed by atoms with Crippen molar-refractivity contribution in [2.75, 3.05) is 4.31 Å². The third-order valence-electron chi connectivity index (χ3n) is 6.31. The van der Waals surface area contributed by atoms with Crippen molar-refractivity contribution < 1.29 is 17.6 Å². The van der Waals surface area contributed by atoms with E-state index in [1.807, 2.05) is 13.0 Å². The molecule has 166 valence electrons. The summed E-state index contributed by atoms with van der Waals surface area (Å²) in [5.74, 6) is -0.574. The van der Waals surface area contributed by atoms with Crippen molar-refractivity contribution in [2.24, 2.45) is 0 Å². The molecule has 1 heterocycles. The lowest BCUT2D eigenvalue weighted by Crippen LogP contribution is -2.36. The second kappa shape index (κ2) is 8.99. The van der Waals surface area contributed by atoms with Gasteiger partial charge in [-0.15, -0.1) is 0 Å². The molecule has 1 amide bonds. The fraction of sp³-hybridized carbons (Fsp3) is 0.458. The monoisotopic (exact) mass is 444 g/mol. The standard InChI is InChI=1S/C24H29FN2O3S/c1-17-15-19-16-18(24(28)26-21-7-5-3-2-4-6-8-21)9-14-23(19)27(17)31(29,30)22-12-10-20(25)11-13-22/h9-14,16-17,21H,2-8,15H2,1H3,(H,26,28)/t17-/m1/s1. The minimum atomic E-state index is -3.82. The van der Waals surface area contributed by atoms with Crippen LogP contribution in [0.1, 0.15) is 67.8 Å². The Bertz CT molecular complexity index is 1040. The molecule has 1 N–H and O–H groups in total. The SMILES string of the molecule is C[C@@H]1Cc2cc(C(=O)NC3CCCCCCC3)ccc2N1S(=O)(=O)c1ccc(F)cc1. The maximum atomic E-state index is 13.3. The summed E-state index contributed by atoms with van der Waals surface area (Å²) in [4.78, 5) is 12.9. The number of anilines is 1. The fourth-order valence-electron chi connectivity index (χ4n) is 4.70. The molecule has 0 bridgehead atoms. The van der Waals surface area contributed by atoms with Gasteiger partial charge < -0.3 is 5.32 Å². The average Bonchev–Trinajstić information content (AvgIpc) is 3.05. The molecule has 1 aliphatic heterocycles. The fourth-order valence-corrected chi connectivity index (χ4v) is 6.39. The summed E-state index contributed by atoms with van der Waals surface area (Å²) in [6.07, 6.45) is 8.56. The number of carbonyl (C=O) groups is 1. The number of fused-ring (bicyclic) bond motifs is 1. The van der Waals surface area contributed by atoms with E-state index < -0.39 is 15.8 Å². The highest BCUT2D eigenvalue weighted by molar-refractivity contribution is 7.92. The average molecular weight is 445 g/mol. The first kappa shape index (κ1) is 21.8. The molecule has 1 atom stereocenters. The first-order valence-electron chi connectivity index (χ1n) is 11.1. The van der Waals surface area contributed by atoms with Crippen molar-refractivity contribution in [3.63, 3.8) is 0 Å². The molecule has 0 unspecified atom stereocenters. The van der Waals surface area contributed by atoms with Gasteiger partial charge in [0, 0.05) is 17.6 Å². The van der Waals surface area contributed by atoms with Crippen molar-refractivity contribution >= 4 is 21.6 Å². The van der Waals surface area contributed by atoms with E-state index in [1.165, 1.54) is 35.7 Å². The van der Waals surface area contributed by atoms with Gasteiger partial charge >= 0.3 is 0 Å². The van der Waals surface area contributed by atoms with E-state index in [4.69, 9.17) is 0 Å². The van der Waals surface area contributed by atoms with Gasteiger partial charge in [-0.2, -0.15) is 0 Å². The van der Waals surface area contributed by atoms with Crippen LogP contribution in [0.25, 0.3) is 0 Å². The molecule has 0 radical (unpaired) electrons. The van der Waals surface area contributed by atoms with E-state index >= 15 is 0 Å². The van der Waals surface area contributed by atoms with Crippen LogP contribution in [0.2, 0.25) is 0 Å². The lowest BCUT2D eigenvalue weighted by molar-refractivity contribution is 0.0930. The molecular formula is C24H29FN2O3S. The minimum absolute atomic E-state index is 0.0553. The summed E-state index contributed by atoms with van der Waals surface area (Å²) in [6, 6.07) is 10.0. The third-order valence-corrected chi connectivity index (χ3v) is 8.25. The van der Waals surface area contributed by atoms with Crippen molar-refractivity contribution in [1.29, 1.82) is 0 Å². The first-order chi connectivity index (χ1) is 14.9. The van der Waals surface area contributed by atoms with Gasteiger partial charge in [0.15, 0.2) is 0 Å². The van der Waals surface area contributed by atoms with Crippen LogP contribution in [-0.2, 0) is 16.4 Å². The van der Waals surface area contributed by atoms with Crippen LogP contribution in [-0.4, -0.2) is 26.4 Å². The maximum absolute atomic E-state index is 13.3. The number of sulfonamides is 1. The van der Waals surface area contributed by atoms with E-state index in [0.29, 0.717) is 17.7 Å². The number of hydrogen-bond acceptors (Lipinski definition) is 3. The van der Waals surface area contributed by atoms with Crippen LogP contribution >= 0.6 is 0 Å². The number of nitrogens with one attached hydrogen (secondary N) is 1. The number of carbonyl (C=O) groups excluding carboxylic acids is 1. The normalized spacial score (nSPS) is 20.1. The summed E-state index contributed by atoms with van der Waals surface area (Å²) >= 11 is 0. The first-order valence-corrected chi connectivity index (χ1v) is 12.5. The Morgan fingerprint density at radius 2 is 1.65 bits per heavy atom. The molecule has 2 aromatic rings. The predicted octanol–water partition coefficient (Wildman–Crippen LogP) is 4.81. The van der Waals surface area contributed by atoms with Crippen LogP contribution in [0, 0.1) is 5.82 Å². The molecule has 1 aliphatic carbocycles. The van der Waals surface area contributed by atoms with Crippen LogP contribution < -0.4 is 9.62 Å². The Kier molecular flexibility index (Phi) is 6.32. The van der Waals surface area contributed by atoms with Crippen LogP contribution in [0.3, 0.4) is 0 Å². The number of rotatable bonds is 4. The van der Waals surface area contributed by atoms with Crippen molar-refractivity contribution in [2.45, 2.75) is 75.3 Å². The van der Waals surface area contributed by atoms with Gasteiger partial charge in [0.05, 0.1) is 10.6 Å². The summed E-state index contributed by atoms with van der Waals surface area (Å²) in [5.41, 5.74) is 1.98. The summed E-state index contributed by atoms with van der Waals surface area (Å²) in [5, 5.41) is 3.17. The van der Waals surface area contributed by atoms with Gasteiger partial charge in [0.1, 0.15) is 5.82 Å². The number of nitrogens with zero attached hydrogens (tertiary/aromatic N) is 1. The van der Waals surface area contributed by atoms with Crippen LogP contribution in [0.5, 0.6) is 0 Å². The summed E-state index contributed by atoms with van der Waals surface area (Å²) in [6.45, 7) is 1.84. The molecule has 4 rings (SSSR count). The Labute approximate surface area is 183 Å². The molecule has 0 spiro atoms. The number of amides is 1. The van der Waals surface area contributed by atoms with Crippen molar-refractivity contribution in [3.8, 4) is 0 Å². The van der Waals surface area contributed by atoms with E-state index in [0.717, 1.165) is 43.4 Å². The highest BCUT2D eigenvalue weighted by Crippen LogP contribution is 2.37. The molecule has 31 heavy (non-hydrogen) atoms. The Morgan fingerprint density at radius 3 is 2.32 bits per heavy atom. The smallest absolute Gasteiger partial charge is 0.264 e. The van der Waals surface area contributed by atoms with Gasteiger partial charge in [-0.1, -0.05) is 32.1 Å². The second-order valence-electron chi connectivity index (χ2n) is 8.67. The second-order valence-corrected chi connectivity index (χ2v) is 10.5.